The summed E-state index contributed by atoms with van der Waals surface area (Å²) in [4.78, 5) is 12.4. The molecule has 0 aromatic heterocycles. The highest BCUT2D eigenvalue weighted by Crippen LogP contribution is 2.38. The van der Waals surface area contributed by atoms with Crippen molar-refractivity contribution in [2.24, 2.45) is 0 Å². The lowest BCUT2D eigenvalue weighted by molar-refractivity contribution is -0.137. The monoisotopic (exact) mass is 436 g/mol. The zero-order valence-electron chi connectivity index (χ0n) is 15.1. The van der Waals surface area contributed by atoms with Crippen LogP contribution in [0.25, 0.3) is 0 Å². The minimum atomic E-state index is -4.67. The molecule has 1 unspecified atom stereocenters. The Bertz CT molecular complexity index is 876. The maximum Gasteiger partial charge on any atom is 0.418 e. The van der Waals surface area contributed by atoms with Crippen LogP contribution in [0.15, 0.2) is 30.3 Å². The van der Waals surface area contributed by atoms with E-state index in [1.165, 1.54) is 39.3 Å². The number of halogens is 5. The summed E-state index contributed by atoms with van der Waals surface area (Å²) in [7, 11) is 2.86. The summed E-state index contributed by atoms with van der Waals surface area (Å²) in [6.45, 7) is 1.48. The molecule has 28 heavy (non-hydrogen) atoms. The van der Waals surface area contributed by atoms with E-state index in [2.05, 4.69) is 10.6 Å². The van der Waals surface area contributed by atoms with Crippen LogP contribution in [-0.4, -0.2) is 26.2 Å². The fraction of sp³-hybridized carbons (Fsp3) is 0.278. The molecular weight excluding hydrogens is 420 g/mol. The van der Waals surface area contributed by atoms with Crippen molar-refractivity contribution in [3.05, 3.63) is 45.9 Å². The lowest BCUT2D eigenvalue weighted by atomic mass is 10.1. The third-order valence-electron chi connectivity index (χ3n) is 3.78. The van der Waals surface area contributed by atoms with Crippen LogP contribution >= 0.6 is 23.2 Å². The molecule has 2 aromatic rings. The molecule has 0 aliphatic rings. The Balaban J connectivity index is 2.22. The fourth-order valence-electron chi connectivity index (χ4n) is 2.37. The summed E-state index contributed by atoms with van der Waals surface area (Å²) in [5.74, 6) is 0.0299. The highest BCUT2D eigenvalue weighted by molar-refractivity contribution is 6.32. The van der Waals surface area contributed by atoms with Crippen LogP contribution < -0.4 is 20.1 Å². The van der Waals surface area contributed by atoms with E-state index in [4.69, 9.17) is 32.7 Å². The Hall–Kier alpha value is -2.32. The lowest BCUT2D eigenvalue weighted by Crippen LogP contribution is -2.32. The molecule has 0 spiro atoms. The number of methoxy groups -OCH3 is 2. The van der Waals surface area contributed by atoms with Crippen molar-refractivity contribution in [2.75, 3.05) is 24.9 Å². The first kappa shape index (κ1) is 22.0. The number of alkyl halides is 3. The average Bonchev–Trinajstić information content (AvgIpc) is 2.62. The van der Waals surface area contributed by atoms with Crippen LogP contribution in [0.4, 0.5) is 24.5 Å². The SMILES string of the molecule is COc1cc(OC)c(NC(C)C(=O)Nc2ccc(Cl)cc2C(F)(F)F)cc1Cl. The molecule has 0 saturated heterocycles. The average molecular weight is 437 g/mol. The second kappa shape index (κ2) is 8.79. The Morgan fingerprint density at radius 2 is 1.68 bits per heavy atom. The topological polar surface area (TPSA) is 59.6 Å². The molecule has 0 radical (unpaired) electrons. The van der Waals surface area contributed by atoms with Crippen molar-refractivity contribution in [2.45, 2.75) is 19.1 Å². The molecule has 0 heterocycles. The zero-order chi connectivity index (χ0) is 21.1. The van der Waals surface area contributed by atoms with Gasteiger partial charge in [-0.2, -0.15) is 13.2 Å². The lowest BCUT2D eigenvalue weighted by Gasteiger charge is -2.20. The molecule has 1 amide bonds. The van der Waals surface area contributed by atoms with Crippen LogP contribution in [0.5, 0.6) is 11.5 Å². The second-order valence-corrected chi connectivity index (χ2v) is 6.57. The van der Waals surface area contributed by atoms with Crippen molar-refractivity contribution in [1.29, 1.82) is 0 Å². The van der Waals surface area contributed by atoms with Gasteiger partial charge in [-0.15, -0.1) is 0 Å². The molecule has 2 aromatic carbocycles. The normalized spacial score (nSPS) is 12.3. The molecule has 152 valence electrons. The van der Waals surface area contributed by atoms with Gasteiger partial charge in [-0.25, -0.2) is 0 Å². The summed E-state index contributed by atoms with van der Waals surface area (Å²) in [5.41, 5.74) is -1.05. The first-order valence-electron chi connectivity index (χ1n) is 7.92. The number of hydrogen-bond acceptors (Lipinski definition) is 4. The molecule has 0 bridgehead atoms. The summed E-state index contributed by atoms with van der Waals surface area (Å²) in [6.07, 6.45) is -4.67. The largest absolute Gasteiger partial charge is 0.495 e. The van der Waals surface area contributed by atoms with Crippen LogP contribution in [0, 0.1) is 0 Å². The Morgan fingerprint density at radius 1 is 1.04 bits per heavy atom. The smallest absolute Gasteiger partial charge is 0.418 e. The van der Waals surface area contributed by atoms with Gasteiger partial charge in [0.05, 0.1) is 36.2 Å². The van der Waals surface area contributed by atoms with Crippen LogP contribution in [0.1, 0.15) is 12.5 Å². The van der Waals surface area contributed by atoms with E-state index in [9.17, 15) is 18.0 Å². The summed E-state index contributed by atoms with van der Waals surface area (Å²) in [6, 6.07) is 5.22. The molecule has 2 N–H and O–H groups in total. The summed E-state index contributed by atoms with van der Waals surface area (Å²) < 4.78 is 49.8. The quantitative estimate of drug-likeness (QED) is 0.630. The number of anilines is 2. The van der Waals surface area contributed by atoms with Gasteiger partial charge in [-0.3, -0.25) is 4.79 Å². The van der Waals surface area contributed by atoms with Gasteiger partial charge >= 0.3 is 6.18 Å². The summed E-state index contributed by atoms with van der Waals surface area (Å²) in [5, 5.41) is 5.30. The van der Waals surface area contributed by atoms with Gasteiger partial charge in [0.15, 0.2) is 0 Å². The van der Waals surface area contributed by atoms with Crippen LogP contribution in [0.3, 0.4) is 0 Å². The van der Waals surface area contributed by atoms with E-state index in [-0.39, 0.29) is 10.0 Å². The van der Waals surface area contributed by atoms with E-state index < -0.39 is 29.4 Å². The number of carbonyl (C=O) groups is 1. The highest BCUT2D eigenvalue weighted by Gasteiger charge is 2.34. The molecule has 0 aliphatic heterocycles. The highest BCUT2D eigenvalue weighted by atomic mass is 35.5. The number of ether oxygens (including phenoxy) is 2. The molecule has 1 atom stereocenters. The number of rotatable bonds is 6. The first-order valence-corrected chi connectivity index (χ1v) is 8.68. The van der Waals surface area contributed by atoms with Gasteiger partial charge in [0.1, 0.15) is 17.5 Å². The third-order valence-corrected chi connectivity index (χ3v) is 4.31. The first-order chi connectivity index (χ1) is 13.1. The molecule has 0 saturated carbocycles. The number of hydrogen-bond donors (Lipinski definition) is 2. The van der Waals surface area contributed by atoms with E-state index in [1.807, 2.05) is 0 Å². The zero-order valence-corrected chi connectivity index (χ0v) is 16.6. The number of nitrogens with one attached hydrogen (secondary N) is 2. The number of carbonyl (C=O) groups excluding carboxylic acids is 1. The van der Waals surface area contributed by atoms with Crippen molar-refractivity contribution in [3.63, 3.8) is 0 Å². The summed E-state index contributed by atoms with van der Waals surface area (Å²) >= 11 is 11.7. The third kappa shape index (κ3) is 5.14. The minimum Gasteiger partial charge on any atom is -0.495 e. The van der Waals surface area contributed by atoms with Crippen molar-refractivity contribution >= 4 is 40.5 Å². The Kier molecular flexibility index (Phi) is 6.90. The molecule has 0 aliphatic carbocycles. The molecule has 10 heteroatoms. The predicted octanol–water partition coefficient (Wildman–Crippen LogP) is 5.47. The van der Waals surface area contributed by atoms with Gasteiger partial charge < -0.3 is 20.1 Å². The van der Waals surface area contributed by atoms with Crippen molar-refractivity contribution < 1.29 is 27.4 Å². The van der Waals surface area contributed by atoms with Gasteiger partial charge in [-0.1, -0.05) is 23.2 Å². The minimum absolute atomic E-state index is 0.0888. The Morgan fingerprint density at radius 3 is 2.25 bits per heavy atom. The molecular formula is C18H17Cl2F3N2O3. The molecule has 2 rings (SSSR count). The maximum atomic E-state index is 13.2. The van der Waals surface area contributed by atoms with E-state index in [1.54, 1.807) is 0 Å². The maximum absolute atomic E-state index is 13.2. The van der Waals surface area contributed by atoms with Gasteiger partial charge in [0, 0.05) is 11.1 Å². The van der Waals surface area contributed by atoms with Gasteiger partial charge in [0.25, 0.3) is 0 Å². The van der Waals surface area contributed by atoms with E-state index >= 15 is 0 Å². The second-order valence-electron chi connectivity index (χ2n) is 5.73. The van der Waals surface area contributed by atoms with Crippen LogP contribution in [-0.2, 0) is 11.0 Å². The van der Waals surface area contributed by atoms with Gasteiger partial charge in [-0.05, 0) is 31.2 Å². The fourth-order valence-corrected chi connectivity index (χ4v) is 2.79. The molecule has 0 fully saturated rings. The van der Waals surface area contributed by atoms with Gasteiger partial charge in [0.2, 0.25) is 5.91 Å². The van der Waals surface area contributed by atoms with Crippen molar-refractivity contribution in [1.82, 2.24) is 0 Å². The van der Waals surface area contributed by atoms with Crippen molar-refractivity contribution in [3.8, 4) is 11.5 Å². The Labute approximate surface area is 169 Å². The number of amides is 1. The molecule has 5 nitrogen and oxygen atoms in total. The van der Waals surface area contributed by atoms with E-state index in [0.717, 1.165) is 12.1 Å². The number of benzene rings is 2. The van der Waals surface area contributed by atoms with E-state index in [0.29, 0.717) is 17.2 Å². The van der Waals surface area contributed by atoms with Crippen LogP contribution in [0.2, 0.25) is 10.0 Å². The standard InChI is InChI=1S/C18H17Cl2F3N2O3/c1-9(24-14-7-12(20)15(27-2)8-16(14)28-3)17(26)25-13-5-4-10(19)6-11(13)18(21,22)23/h4-9,24H,1-3H3,(H,25,26). The predicted molar refractivity (Wildman–Crippen MR) is 103 cm³/mol.